The Morgan fingerprint density at radius 2 is 2.27 bits per heavy atom. The highest BCUT2D eigenvalue weighted by atomic mass is 16.5. The molecular weight excluding hydrogens is 282 g/mol. The molecule has 0 spiro atoms. The highest BCUT2D eigenvalue weighted by Gasteiger charge is 2.27. The van der Waals surface area contributed by atoms with Gasteiger partial charge in [-0.3, -0.25) is 0 Å². The summed E-state index contributed by atoms with van der Waals surface area (Å²) in [5, 5.41) is 19.0. The SMILES string of the molecule is COc1ncc(N2c3cc(O)ccc3OCC2C)cc1C#N. The molecule has 0 amide bonds. The molecule has 6 heteroatoms. The normalized spacial score (nSPS) is 16.4. The second-order valence-electron chi connectivity index (χ2n) is 5.04. The van der Waals surface area contributed by atoms with Crippen molar-refractivity contribution in [3.63, 3.8) is 0 Å². The minimum absolute atomic E-state index is 0.0380. The van der Waals surface area contributed by atoms with Gasteiger partial charge in [0.15, 0.2) is 0 Å². The van der Waals surface area contributed by atoms with Crippen LogP contribution >= 0.6 is 0 Å². The molecule has 1 unspecified atom stereocenters. The summed E-state index contributed by atoms with van der Waals surface area (Å²) in [6.07, 6.45) is 1.65. The van der Waals surface area contributed by atoms with Crippen LogP contribution < -0.4 is 14.4 Å². The Balaban J connectivity index is 2.12. The number of benzene rings is 1. The standard InChI is InChI=1S/C16H15N3O3/c1-10-9-22-15-4-3-13(20)6-14(15)19(10)12-5-11(7-17)16(21-2)18-8-12/h3-6,8,10,20H,9H2,1-2H3. The molecule has 1 atom stereocenters. The van der Waals surface area contributed by atoms with Crippen LogP contribution in [-0.4, -0.2) is 29.8 Å². The van der Waals surface area contributed by atoms with E-state index in [0.29, 0.717) is 23.8 Å². The summed E-state index contributed by atoms with van der Waals surface area (Å²) < 4.78 is 10.8. The van der Waals surface area contributed by atoms with Gasteiger partial charge in [0.25, 0.3) is 0 Å². The van der Waals surface area contributed by atoms with Crippen LogP contribution in [-0.2, 0) is 0 Å². The van der Waals surface area contributed by atoms with Crippen LogP contribution in [0.25, 0.3) is 0 Å². The molecule has 2 heterocycles. The van der Waals surface area contributed by atoms with Crippen molar-refractivity contribution in [1.82, 2.24) is 4.98 Å². The zero-order valence-electron chi connectivity index (χ0n) is 12.3. The quantitative estimate of drug-likeness (QED) is 0.918. The fourth-order valence-corrected chi connectivity index (χ4v) is 2.55. The van der Waals surface area contributed by atoms with Gasteiger partial charge >= 0.3 is 0 Å². The van der Waals surface area contributed by atoms with Crippen molar-refractivity contribution in [2.45, 2.75) is 13.0 Å². The Morgan fingerprint density at radius 1 is 1.45 bits per heavy atom. The molecule has 0 aliphatic carbocycles. The van der Waals surface area contributed by atoms with Crippen molar-refractivity contribution in [3.05, 3.63) is 36.0 Å². The lowest BCUT2D eigenvalue weighted by molar-refractivity contribution is 0.278. The minimum Gasteiger partial charge on any atom is -0.508 e. The van der Waals surface area contributed by atoms with Crippen LogP contribution in [0, 0.1) is 11.3 Å². The number of fused-ring (bicyclic) bond motifs is 1. The van der Waals surface area contributed by atoms with Gasteiger partial charge in [0, 0.05) is 6.07 Å². The number of aromatic nitrogens is 1. The zero-order chi connectivity index (χ0) is 15.7. The topological polar surface area (TPSA) is 78.6 Å². The van der Waals surface area contributed by atoms with Crippen LogP contribution in [0.2, 0.25) is 0 Å². The van der Waals surface area contributed by atoms with E-state index in [1.807, 2.05) is 11.8 Å². The number of nitriles is 1. The van der Waals surface area contributed by atoms with Gasteiger partial charge in [-0.1, -0.05) is 0 Å². The predicted molar refractivity (Wildman–Crippen MR) is 80.7 cm³/mol. The second kappa shape index (κ2) is 5.45. The van der Waals surface area contributed by atoms with Crippen LogP contribution in [0.4, 0.5) is 11.4 Å². The number of nitrogens with zero attached hydrogens (tertiary/aromatic N) is 3. The van der Waals surface area contributed by atoms with E-state index >= 15 is 0 Å². The Bertz CT molecular complexity index is 755. The first kappa shape index (κ1) is 14.0. The number of hydrogen-bond donors (Lipinski definition) is 1. The van der Waals surface area contributed by atoms with Crippen LogP contribution in [0.1, 0.15) is 12.5 Å². The monoisotopic (exact) mass is 297 g/mol. The molecule has 1 aromatic carbocycles. The summed E-state index contributed by atoms with van der Waals surface area (Å²) in [5.41, 5.74) is 1.86. The van der Waals surface area contributed by atoms with Gasteiger partial charge in [-0.25, -0.2) is 4.98 Å². The minimum atomic E-state index is 0.0380. The number of phenolic OH excluding ortho intramolecular Hbond substituents is 1. The Kier molecular flexibility index (Phi) is 3.47. The Labute approximate surface area is 128 Å². The maximum absolute atomic E-state index is 9.75. The van der Waals surface area contributed by atoms with Gasteiger partial charge in [0.05, 0.1) is 30.7 Å². The predicted octanol–water partition coefficient (Wildman–Crippen LogP) is 2.59. The van der Waals surface area contributed by atoms with Gasteiger partial charge in [-0.2, -0.15) is 5.26 Å². The molecule has 1 aliphatic rings. The second-order valence-corrected chi connectivity index (χ2v) is 5.04. The van der Waals surface area contributed by atoms with E-state index < -0.39 is 0 Å². The third-order valence-electron chi connectivity index (χ3n) is 3.55. The molecule has 1 aliphatic heterocycles. The lowest BCUT2D eigenvalue weighted by Gasteiger charge is -2.36. The highest BCUT2D eigenvalue weighted by Crippen LogP contribution is 2.41. The summed E-state index contributed by atoms with van der Waals surface area (Å²) in [6, 6.07) is 8.79. The van der Waals surface area contributed by atoms with Crippen LogP contribution in [0.15, 0.2) is 30.5 Å². The number of ether oxygens (including phenoxy) is 2. The number of methoxy groups -OCH3 is 1. The molecule has 1 aromatic heterocycles. The van der Waals surface area contributed by atoms with Gasteiger partial charge < -0.3 is 19.5 Å². The molecule has 112 valence electrons. The molecule has 6 nitrogen and oxygen atoms in total. The van der Waals surface area contributed by atoms with Crippen molar-refractivity contribution in [2.24, 2.45) is 0 Å². The first-order chi connectivity index (χ1) is 10.6. The third kappa shape index (κ3) is 2.27. The fraction of sp³-hybridized carbons (Fsp3) is 0.250. The van der Waals surface area contributed by atoms with Crippen molar-refractivity contribution in [2.75, 3.05) is 18.6 Å². The van der Waals surface area contributed by atoms with E-state index in [2.05, 4.69) is 11.1 Å². The maximum atomic E-state index is 9.75. The smallest absolute Gasteiger partial charge is 0.231 e. The van der Waals surface area contributed by atoms with E-state index in [0.717, 1.165) is 11.4 Å². The summed E-state index contributed by atoms with van der Waals surface area (Å²) in [7, 11) is 1.48. The first-order valence-electron chi connectivity index (χ1n) is 6.83. The van der Waals surface area contributed by atoms with Crippen LogP contribution in [0.3, 0.4) is 0 Å². The van der Waals surface area contributed by atoms with Crippen molar-refractivity contribution < 1.29 is 14.6 Å². The van der Waals surface area contributed by atoms with Gasteiger partial charge in [-0.15, -0.1) is 0 Å². The van der Waals surface area contributed by atoms with Crippen molar-refractivity contribution >= 4 is 11.4 Å². The highest BCUT2D eigenvalue weighted by molar-refractivity contribution is 5.73. The van der Waals surface area contributed by atoms with Gasteiger partial charge in [-0.05, 0) is 25.1 Å². The average molecular weight is 297 g/mol. The molecule has 0 bridgehead atoms. The number of pyridine rings is 1. The summed E-state index contributed by atoms with van der Waals surface area (Å²) in [4.78, 5) is 6.18. The summed E-state index contributed by atoms with van der Waals surface area (Å²) in [6.45, 7) is 2.51. The lowest BCUT2D eigenvalue weighted by atomic mass is 10.1. The Morgan fingerprint density at radius 3 is 3.00 bits per heavy atom. The number of phenols is 1. The molecule has 0 radical (unpaired) electrons. The molecule has 3 rings (SSSR count). The van der Waals surface area contributed by atoms with E-state index in [9.17, 15) is 10.4 Å². The van der Waals surface area contributed by atoms with E-state index in [1.54, 1.807) is 30.5 Å². The molecule has 2 aromatic rings. The van der Waals surface area contributed by atoms with E-state index in [4.69, 9.17) is 9.47 Å². The number of rotatable bonds is 2. The van der Waals surface area contributed by atoms with Gasteiger partial charge in [0.2, 0.25) is 5.88 Å². The largest absolute Gasteiger partial charge is 0.508 e. The molecular formula is C16H15N3O3. The number of hydrogen-bond acceptors (Lipinski definition) is 6. The van der Waals surface area contributed by atoms with Crippen LogP contribution in [0.5, 0.6) is 17.4 Å². The summed E-state index contributed by atoms with van der Waals surface area (Å²) in [5.74, 6) is 1.14. The molecule has 22 heavy (non-hydrogen) atoms. The average Bonchev–Trinajstić information content (AvgIpc) is 2.54. The molecule has 0 fully saturated rings. The zero-order valence-corrected chi connectivity index (χ0v) is 12.3. The maximum Gasteiger partial charge on any atom is 0.231 e. The number of anilines is 2. The van der Waals surface area contributed by atoms with E-state index in [1.165, 1.54) is 7.11 Å². The molecule has 0 saturated heterocycles. The first-order valence-corrected chi connectivity index (χ1v) is 6.83. The van der Waals surface area contributed by atoms with Gasteiger partial charge in [0.1, 0.15) is 29.7 Å². The lowest BCUT2D eigenvalue weighted by Crippen LogP contribution is -2.37. The fourth-order valence-electron chi connectivity index (χ4n) is 2.55. The summed E-state index contributed by atoms with van der Waals surface area (Å²) >= 11 is 0. The molecule has 1 N–H and O–H groups in total. The van der Waals surface area contributed by atoms with Crippen molar-refractivity contribution in [3.8, 4) is 23.4 Å². The number of aromatic hydroxyl groups is 1. The van der Waals surface area contributed by atoms with E-state index in [-0.39, 0.29) is 11.8 Å². The van der Waals surface area contributed by atoms with Crippen molar-refractivity contribution in [1.29, 1.82) is 5.26 Å². The third-order valence-corrected chi connectivity index (χ3v) is 3.55. The Hall–Kier alpha value is -2.94. The molecule has 0 saturated carbocycles.